The molecule has 0 radical (unpaired) electrons. The van der Waals surface area contributed by atoms with E-state index in [9.17, 15) is 9.59 Å². The van der Waals surface area contributed by atoms with Crippen LogP contribution in [-0.4, -0.2) is 56.1 Å². The van der Waals surface area contributed by atoms with E-state index in [4.69, 9.17) is 9.47 Å². The largest absolute Gasteiger partial charge is 0.465 e. The first-order chi connectivity index (χ1) is 15.7. The van der Waals surface area contributed by atoms with Crippen molar-refractivity contribution >= 4 is 11.8 Å². The van der Waals surface area contributed by atoms with Crippen molar-refractivity contribution in [1.82, 2.24) is 4.90 Å². The maximum Gasteiger partial charge on any atom is 0.313 e. The summed E-state index contributed by atoms with van der Waals surface area (Å²) in [6.07, 6.45) is 5.51. The fourth-order valence-corrected chi connectivity index (χ4v) is 4.19. The van der Waals surface area contributed by atoms with Crippen molar-refractivity contribution < 1.29 is 19.1 Å². The molecule has 0 atom stereocenters. The highest BCUT2D eigenvalue weighted by atomic mass is 16.5. The molecule has 0 unspecified atom stereocenters. The number of esters is 1. The molecule has 32 heavy (non-hydrogen) atoms. The minimum Gasteiger partial charge on any atom is -0.465 e. The minimum atomic E-state index is -0.481. The number of hydrogen-bond donors (Lipinski definition) is 0. The summed E-state index contributed by atoms with van der Waals surface area (Å²) >= 11 is 0. The Morgan fingerprint density at radius 3 is 2.00 bits per heavy atom. The highest BCUT2D eigenvalue weighted by Gasteiger charge is 2.16. The summed E-state index contributed by atoms with van der Waals surface area (Å²) in [7, 11) is 0. The SMILES string of the molecule is O=C(COCCN1CCCCCC1)CC(=O)OCCC(c1ccccc1)c1ccccc1. The number of benzene rings is 2. The Morgan fingerprint density at radius 2 is 1.41 bits per heavy atom. The molecule has 2 aromatic carbocycles. The summed E-state index contributed by atoms with van der Waals surface area (Å²) in [5, 5.41) is 0. The van der Waals surface area contributed by atoms with Crippen LogP contribution in [0.5, 0.6) is 0 Å². The first-order valence-electron chi connectivity index (χ1n) is 11.8. The van der Waals surface area contributed by atoms with Crippen LogP contribution >= 0.6 is 0 Å². The molecule has 172 valence electrons. The third-order valence-corrected chi connectivity index (χ3v) is 5.93. The molecule has 0 amide bonds. The van der Waals surface area contributed by atoms with Gasteiger partial charge in [0, 0.05) is 12.5 Å². The van der Waals surface area contributed by atoms with Gasteiger partial charge in [-0.3, -0.25) is 9.59 Å². The van der Waals surface area contributed by atoms with Gasteiger partial charge in [-0.25, -0.2) is 0 Å². The minimum absolute atomic E-state index is 0.0282. The Kier molecular flexibility index (Phi) is 10.4. The molecule has 2 aromatic rings. The zero-order valence-electron chi connectivity index (χ0n) is 18.9. The van der Waals surface area contributed by atoms with Gasteiger partial charge in [-0.2, -0.15) is 0 Å². The van der Waals surface area contributed by atoms with Crippen LogP contribution < -0.4 is 0 Å². The van der Waals surface area contributed by atoms with Gasteiger partial charge in [0.15, 0.2) is 5.78 Å². The molecule has 1 aliphatic rings. The molecular formula is C27H35NO4. The molecule has 1 saturated heterocycles. The first kappa shape index (κ1) is 24.1. The van der Waals surface area contributed by atoms with E-state index >= 15 is 0 Å². The molecule has 1 aliphatic heterocycles. The molecule has 0 N–H and O–H groups in total. The smallest absolute Gasteiger partial charge is 0.313 e. The predicted molar refractivity (Wildman–Crippen MR) is 126 cm³/mol. The standard InChI is InChI=1S/C27H35NO4/c29-25(22-31-20-18-28-16-9-1-2-10-17-28)21-27(30)32-19-15-26(23-11-5-3-6-12-23)24-13-7-4-8-14-24/h3-8,11-14,26H,1-2,9-10,15-22H2. The van der Waals surface area contributed by atoms with Gasteiger partial charge in [0.1, 0.15) is 13.0 Å². The number of carbonyl (C=O) groups is 2. The molecule has 0 bridgehead atoms. The summed E-state index contributed by atoms with van der Waals surface area (Å²) in [4.78, 5) is 26.6. The van der Waals surface area contributed by atoms with Crippen LogP contribution in [0.25, 0.3) is 0 Å². The Hall–Kier alpha value is -2.50. The number of carbonyl (C=O) groups excluding carboxylic acids is 2. The van der Waals surface area contributed by atoms with Crippen LogP contribution in [0.1, 0.15) is 55.6 Å². The maximum atomic E-state index is 12.1. The molecule has 1 heterocycles. The second-order valence-corrected chi connectivity index (χ2v) is 8.41. The lowest BCUT2D eigenvalue weighted by atomic mass is 9.89. The van der Waals surface area contributed by atoms with Crippen molar-refractivity contribution in [2.75, 3.05) is 39.5 Å². The van der Waals surface area contributed by atoms with Gasteiger partial charge in [0.05, 0.1) is 13.2 Å². The van der Waals surface area contributed by atoms with Crippen LogP contribution in [-0.2, 0) is 19.1 Å². The number of hydrogen-bond acceptors (Lipinski definition) is 5. The topological polar surface area (TPSA) is 55.8 Å². The van der Waals surface area contributed by atoms with E-state index in [1.54, 1.807) is 0 Å². The number of ketones is 1. The molecule has 1 fully saturated rings. The fourth-order valence-electron chi connectivity index (χ4n) is 4.19. The summed E-state index contributed by atoms with van der Waals surface area (Å²) in [6, 6.07) is 20.4. The van der Waals surface area contributed by atoms with Gasteiger partial charge in [-0.1, -0.05) is 73.5 Å². The third kappa shape index (κ3) is 8.56. The van der Waals surface area contributed by atoms with E-state index in [0.717, 1.165) is 19.6 Å². The highest BCUT2D eigenvalue weighted by molar-refractivity contribution is 5.96. The molecule has 0 aromatic heterocycles. The number of Topliss-reactive ketones (excluding diaryl/α,β-unsaturated/α-hetero) is 1. The van der Waals surface area contributed by atoms with Crippen molar-refractivity contribution in [3.8, 4) is 0 Å². The Bertz CT molecular complexity index is 761. The van der Waals surface area contributed by atoms with Crippen LogP contribution in [0.4, 0.5) is 0 Å². The van der Waals surface area contributed by atoms with Crippen LogP contribution in [0.15, 0.2) is 60.7 Å². The van der Waals surface area contributed by atoms with Gasteiger partial charge in [-0.05, 0) is 43.5 Å². The normalized spacial score (nSPS) is 14.8. The molecule has 3 rings (SSSR count). The van der Waals surface area contributed by atoms with E-state index in [1.807, 2.05) is 36.4 Å². The number of rotatable bonds is 12. The Morgan fingerprint density at radius 1 is 0.812 bits per heavy atom. The number of ether oxygens (including phenoxy) is 2. The van der Waals surface area contributed by atoms with Crippen LogP contribution in [0, 0.1) is 0 Å². The number of likely N-dealkylation sites (tertiary alicyclic amines) is 1. The van der Waals surface area contributed by atoms with E-state index < -0.39 is 5.97 Å². The van der Waals surface area contributed by atoms with Gasteiger partial charge in [0.2, 0.25) is 0 Å². The summed E-state index contributed by atoms with van der Waals surface area (Å²) < 4.78 is 10.9. The lowest BCUT2D eigenvalue weighted by molar-refractivity contribution is -0.147. The molecule has 0 spiro atoms. The zero-order valence-corrected chi connectivity index (χ0v) is 18.9. The lowest BCUT2D eigenvalue weighted by Gasteiger charge is -2.19. The molecule has 5 heteroatoms. The van der Waals surface area contributed by atoms with Crippen molar-refractivity contribution in [2.24, 2.45) is 0 Å². The van der Waals surface area contributed by atoms with E-state index in [1.165, 1.54) is 36.8 Å². The van der Waals surface area contributed by atoms with Crippen molar-refractivity contribution in [3.63, 3.8) is 0 Å². The van der Waals surface area contributed by atoms with E-state index in [-0.39, 0.29) is 31.3 Å². The molecule has 0 saturated carbocycles. The Labute approximate surface area is 191 Å². The average Bonchev–Trinajstić information content (AvgIpc) is 3.10. The highest BCUT2D eigenvalue weighted by Crippen LogP contribution is 2.27. The van der Waals surface area contributed by atoms with Crippen molar-refractivity contribution in [1.29, 1.82) is 0 Å². The quantitative estimate of drug-likeness (QED) is 0.276. The molecule has 5 nitrogen and oxygen atoms in total. The number of nitrogens with zero attached hydrogens (tertiary/aromatic N) is 1. The van der Waals surface area contributed by atoms with Gasteiger partial charge in [-0.15, -0.1) is 0 Å². The molecular weight excluding hydrogens is 402 g/mol. The third-order valence-electron chi connectivity index (χ3n) is 5.93. The molecule has 0 aliphatic carbocycles. The van der Waals surface area contributed by atoms with E-state index in [2.05, 4.69) is 29.2 Å². The zero-order chi connectivity index (χ0) is 22.4. The Balaban J connectivity index is 1.35. The van der Waals surface area contributed by atoms with Crippen LogP contribution in [0.3, 0.4) is 0 Å². The summed E-state index contributed by atoms with van der Waals surface area (Å²) in [5.41, 5.74) is 2.37. The summed E-state index contributed by atoms with van der Waals surface area (Å²) in [5.74, 6) is -0.567. The monoisotopic (exact) mass is 437 g/mol. The second kappa shape index (κ2) is 13.8. The van der Waals surface area contributed by atoms with Crippen molar-refractivity contribution in [3.05, 3.63) is 71.8 Å². The summed E-state index contributed by atoms with van der Waals surface area (Å²) in [6.45, 7) is 3.83. The second-order valence-electron chi connectivity index (χ2n) is 8.41. The predicted octanol–water partition coefficient (Wildman–Crippen LogP) is 4.60. The van der Waals surface area contributed by atoms with E-state index in [0.29, 0.717) is 13.0 Å². The fraction of sp³-hybridized carbons (Fsp3) is 0.481. The van der Waals surface area contributed by atoms with Gasteiger partial charge < -0.3 is 14.4 Å². The average molecular weight is 438 g/mol. The first-order valence-corrected chi connectivity index (χ1v) is 11.8. The van der Waals surface area contributed by atoms with Gasteiger partial charge in [0.25, 0.3) is 0 Å². The van der Waals surface area contributed by atoms with Crippen LogP contribution in [0.2, 0.25) is 0 Å². The van der Waals surface area contributed by atoms with Gasteiger partial charge >= 0.3 is 5.97 Å². The van der Waals surface area contributed by atoms with Crippen molar-refractivity contribution in [2.45, 2.75) is 44.4 Å². The lowest BCUT2D eigenvalue weighted by Crippen LogP contribution is -2.29. The maximum absolute atomic E-state index is 12.1.